The molecule has 4 unspecified atom stereocenters. The summed E-state index contributed by atoms with van der Waals surface area (Å²) in [7, 11) is 0. The van der Waals surface area contributed by atoms with E-state index < -0.39 is 12.2 Å². The Morgan fingerprint density at radius 3 is 2.42 bits per heavy atom. The molecule has 0 bridgehead atoms. The molecule has 24 heavy (non-hydrogen) atoms. The maximum atomic E-state index is 11.0. The molecule has 0 aromatic carbocycles. The fourth-order valence-electron chi connectivity index (χ4n) is 7.20. The molecule has 4 heteroatoms. The maximum absolute atomic E-state index is 11.0. The van der Waals surface area contributed by atoms with Crippen molar-refractivity contribution in [1.82, 2.24) is 0 Å². The van der Waals surface area contributed by atoms with Crippen LogP contribution in [0.4, 0.5) is 0 Å². The first-order valence-corrected chi connectivity index (χ1v) is 9.59. The van der Waals surface area contributed by atoms with E-state index in [0.717, 1.165) is 32.1 Å². The van der Waals surface area contributed by atoms with Crippen LogP contribution in [0, 0.1) is 34.5 Å². The van der Waals surface area contributed by atoms with Crippen molar-refractivity contribution < 1.29 is 10.2 Å². The van der Waals surface area contributed by atoms with Crippen LogP contribution in [0.3, 0.4) is 0 Å². The van der Waals surface area contributed by atoms with Gasteiger partial charge in [-0.05, 0) is 79.4 Å². The molecular weight excluding hydrogens is 322 g/mol. The Morgan fingerprint density at radius 1 is 1.00 bits per heavy atom. The second kappa shape index (κ2) is 5.97. The number of allylic oxidation sites excluding steroid dienone is 1. The minimum atomic E-state index is -0.608. The molecule has 0 spiro atoms. The predicted molar refractivity (Wildman–Crippen MR) is 98.9 cm³/mol. The summed E-state index contributed by atoms with van der Waals surface area (Å²) in [5.41, 5.74) is 7.89. The number of halogens is 1. The summed E-state index contributed by atoms with van der Waals surface area (Å²) in [6.45, 7) is 9.07. The highest BCUT2D eigenvalue weighted by Crippen LogP contribution is 2.66. The molecular formula is C20H34ClNO2. The average Bonchev–Trinajstić information content (AvgIpc) is 2.82. The minimum Gasteiger partial charge on any atom is -0.390 e. The normalized spacial score (nSPS) is 56.7. The Bertz CT molecular complexity index is 526. The quantitative estimate of drug-likeness (QED) is 0.584. The highest BCUT2D eigenvalue weighted by atomic mass is 35.5. The summed E-state index contributed by atoms with van der Waals surface area (Å²) < 4.78 is 0. The first kappa shape index (κ1) is 18.7. The van der Waals surface area contributed by atoms with Gasteiger partial charge in [-0.15, -0.1) is 12.4 Å². The van der Waals surface area contributed by atoms with E-state index in [2.05, 4.69) is 20.4 Å². The largest absolute Gasteiger partial charge is 0.390 e. The van der Waals surface area contributed by atoms with E-state index in [4.69, 9.17) is 5.73 Å². The Labute approximate surface area is 152 Å². The Kier molecular flexibility index (Phi) is 4.65. The van der Waals surface area contributed by atoms with Gasteiger partial charge < -0.3 is 15.9 Å². The number of aliphatic hydroxyl groups excluding tert-OH is 2. The van der Waals surface area contributed by atoms with Gasteiger partial charge in [0.15, 0.2) is 0 Å². The van der Waals surface area contributed by atoms with E-state index in [1.165, 1.54) is 18.4 Å². The Balaban J connectivity index is 0.00000169. The van der Waals surface area contributed by atoms with E-state index >= 15 is 0 Å². The van der Waals surface area contributed by atoms with Crippen LogP contribution in [0.15, 0.2) is 12.2 Å². The molecule has 4 N–H and O–H groups in total. The van der Waals surface area contributed by atoms with E-state index in [9.17, 15) is 10.2 Å². The van der Waals surface area contributed by atoms with Crippen molar-refractivity contribution in [3.8, 4) is 0 Å². The van der Waals surface area contributed by atoms with Crippen molar-refractivity contribution >= 4 is 12.4 Å². The molecule has 0 radical (unpaired) electrons. The molecule has 9 atom stereocenters. The van der Waals surface area contributed by atoms with Crippen molar-refractivity contribution in [3.63, 3.8) is 0 Å². The number of hydrogen-bond acceptors (Lipinski definition) is 3. The summed E-state index contributed by atoms with van der Waals surface area (Å²) in [5, 5.41) is 22.0. The zero-order valence-corrected chi connectivity index (χ0v) is 15.9. The van der Waals surface area contributed by atoms with Crippen LogP contribution < -0.4 is 5.73 Å². The fourth-order valence-corrected chi connectivity index (χ4v) is 7.20. The lowest BCUT2D eigenvalue weighted by Crippen LogP contribution is -2.64. The zero-order valence-electron chi connectivity index (χ0n) is 15.1. The summed E-state index contributed by atoms with van der Waals surface area (Å²) in [6, 6.07) is 0.187. The Hall–Kier alpha value is -0.0900. The van der Waals surface area contributed by atoms with Gasteiger partial charge in [0.25, 0.3) is 0 Å². The molecule has 0 saturated heterocycles. The van der Waals surface area contributed by atoms with Crippen LogP contribution in [0.5, 0.6) is 0 Å². The summed E-state index contributed by atoms with van der Waals surface area (Å²) in [5.74, 6) is 1.42. The van der Waals surface area contributed by atoms with Crippen molar-refractivity contribution in [2.75, 3.05) is 0 Å². The molecule has 0 amide bonds. The number of fused-ring (bicyclic) bond motifs is 5. The first-order valence-electron chi connectivity index (χ1n) is 9.59. The third-order valence-electron chi connectivity index (χ3n) is 8.75. The maximum Gasteiger partial charge on any atom is 0.0836 e. The molecule has 4 aliphatic carbocycles. The molecule has 0 heterocycles. The van der Waals surface area contributed by atoms with Gasteiger partial charge in [0, 0.05) is 6.04 Å². The van der Waals surface area contributed by atoms with E-state index in [0.29, 0.717) is 11.8 Å². The third-order valence-corrected chi connectivity index (χ3v) is 8.75. The molecule has 4 aliphatic rings. The van der Waals surface area contributed by atoms with Gasteiger partial charge in [-0.3, -0.25) is 0 Å². The second-order valence-corrected chi connectivity index (χ2v) is 9.52. The van der Waals surface area contributed by atoms with Gasteiger partial charge in [-0.25, -0.2) is 0 Å². The van der Waals surface area contributed by atoms with Crippen LogP contribution >= 0.6 is 12.4 Å². The molecule has 4 rings (SSSR count). The number of nitrogens with two attached hydrogens (primary N) is 1. The van der Waals surface area contributed by atoms with Crippen LogP contribution in [0.25, 0.3) is 0 Å². The van der Waals surface area contributed by atoms with E-state index in [-0.39, 0.29) is 41.1 Å². The topological polar surface area (TPSA) is 66.5 Å². The lowest BCUT2D eigenvalue weighted by atomic mass is 9.43. The highest BCUT2D eigenvalue weighted by molar-refractivity contribution is 5.85. The van der Waals surface area contributed by atoms with Crippen molar-refractivity contribution in [3.05, 3.63) is 12.2 Å². The zero-order chi connectivity index (χ0) is 16.6. The van der Waals surface area contributed by atoms with Gasteiger partial charge in [-0.2, -0.15) is 0 Å². The van der Waals surface area contributed by atoms with Gasteiger partial charge >= 0.3 is 0 Å². The first-order chi connectivity index (χ1) is 10.8. The van der Waals surface area contributed by atoms with Crippen molar-refractivity contribution in [1.29, 1.82) is 0 Å². The summed E-state index contributed by atoms with van der Waals surface area (Å²) >= 11 is 0. The van der Waals surface area contributed by atoms with Crippen LogP contribution in [-0.2, 0) is 0 Å². The molecule has 4 saturated carbocycles. The molecule has 3 nitrogen and oxygen atoms in total. The Morgan fingerprint density at radius 2 is 1.71 bits per heavy atom. The molecule has 138 valence electrons. The summed E-state index contributed by atoms with van der Waals surface area (Å²) in [4.78, 5) is 0. The molecule has 4 fully saturated rings. The van der Waals surface area contributed by atoms with Crippen LogP contribution in [0.1, 0.15) is 58.8 Å². The lowest BCUT2D eigenvalue weighted by Gasteiger charge is -2.63. The van der Waals surface area contributed by atoms with Gasteiger partial charge in [0.05, 0.1) is 12.2 Å². The van der Waals surface area contributed by atoms with Gasteiger partial charge in [-0.1, -0.05) is 26.0 Å². The van der Waals surface area contributed by atoms with Gasteiger partial charge in [0.2, 0.25) is 0 Å². The SMILES string of the molecule is C=C1CCC2C3C(CC[C@]12C)[C@@]1(C)CC[C@@H](N)CC1[C@@H](O)[C@@H]3O.Cl. The number of hydrogen-bond donors (Lipinski definition) is 3. The molecule has 0 aromatic heterocycles. The summed E-state index contributed by atoms with van der Waals surface area (Å²) in [6.07, 6.45) is 6.45. The van der Waals surface area contributed by atoms with Gasteiger partial charge in [0.1, 0.15) is 0 Å². The average molecular weight is 356 g/mol. The van der Waals surface area contributed by atoms with Crippen LogP contribution in [0.2, 0.25) is 0 Å². The number of aliphatic hydroxyl groups is 2. The number of rotatable bonds is 0. The smallest absolute Gasteiger partial charge is 0.0836 e. The highest BCUT2D eigenvalue weighted by Gasteiger charge is 2.63. The second-order valence-electron chi connectivity index (χ2n) is 9.52. The lowest BCUT2D eigenvalue weighted by molar-refractivity contribution is -0.210. The van der Waals surface area contributed by atoms with E-state index in [1.54, 1.807) is 0 Å². The molecule has 0 aromatic rings. The monoisotopic (exact) mass is 355 g/mol. The predicted octanol–water partition coefficient (Wildman–Crippen LogP) is 3.28. The standard InChI is InChI=1S/C20H33NO2.ClH/c1-11-4-5-13-16-14(7-9-19(11,13)2)20(3)8-6-12(21)10-15(20)17(22)18(16)23;/h12-18,22-23H,1,4-10,21H2,2-3H3;1H/t12-,13?,14?,15?,16?,17-,18-,19-,20-;/m1./s1. The van der Waals surface area contributed by atoms with Crippen LogP contribution in [-0.4, -0.2) is 28.5 Å². The molecule has 0 aliphatic heterocycles. The van der Waals surface area contributed by atoms with Crippen molar-refractivity contribution in [2.24, 2.45) is 40.2 Å². The van der Waals surface area contributed by atoms with E-state index in [1.807, 2.05) is 0 Å². The third kappa shape index (κ3) is 2.27. The minimum absolute atomic E-state index is 0. The van der Waals surface area contributed by atoms with Crippen molar-refractivity contribution in [2.45, 2.75) is 77.0 Å². The fraction of sp³-hybridized carbons (Fsp3) is 0.900.